The molecule has 1 fully saturated rings. The van der Waals surface area contributed by atoms with Crippen molar-refractivity contribution in [3.8, 4) is 5.82 Å². The summed E-state index contributed by atoms with van der Waals surface area (Å²) in [5.74, 6) is 2.08. The summed E-state index contributed by atoms with van der Waals surface area (Å²) in [4.78, 5) is 19.0. The highest BCUT2D eigenvalue weighted by molar-refractivity contribution is 5.73. The quantitative estimate of drug-likeness (QED) is 0.734. The monoisotopic (exact) mass is 384 g/mol. The van der Waals surface area contributed by atoms with Crippen molar-refractivity contribution in [2.45, 2.75) is 39.7 Å². The number of piperidine rings is 1. The molecule has 1 saturated heterocycles. The van der Waals surface area contributed by atoms with Gasteiger partial charge in [0, 0.05) is 31.7 Å². The lowest BCUT2D eigenvalue weighted by atomic mass is 9.96. The molecule has 3 heterocycles. The second-order valence-electron chi connectivity index (χ2n) is 8.00. The summed E-state index contributed by atoms with van der Waals surface area (Å²) in [5, 5.41) is 10.1. The Morgan fingerprint density at radius 3 is 2.79 bits per heavy atom. The van der Waals surface area contributed by atoms with E-state index in [1.54, 1.807) is 17.1 Å². The molecule has 152 valence electrons. The Kier molecular flexibility index (Phi) is 7.42. The van der Waals surface area contributed by atoms with E-state index in [0.717, 1.165) is 49.8 Å². The van der Waals surface area contributed by atoms with Crippen molar-refractivity contribution < 1.29 is 4.79 Å². The van der Waals surface area contributed by atoms with Gasteiger partial charge in [-0.2, -0.15) is 5.10 Å². The van der Waals surface area contributed by atoms with Gasteiger partial charge in [-0.3, -0.25) is 0 Å². The summed E-state index contributed by atoms with van der Waals surface area (Å²) in [6, 6.07) is 5.58. The van der Waals surface area contributed by atoms with Gasteiger partial charge in [0.25, 0.3) is 0 Å². The number of carbonyl (C=O) groups excluding carboxylic acids is 1. The molecule has 0 aromatic carbocycles. The van der Waals surface area contributed by atoms with Gasteiger partial charge in [-0.25, -0.2) is 14.5 Å². The maximum atomic E-state index is 12.1. The SMILES string of the molecule is CC(C)CCN1CCC(CNC(=O)NCc2ccnc(-n3cccn3)c2)CC1. The zero-order valence-electron chi connectivity index (χ0n) is 17.0. The normalized spacial score (nSPS) is 15.7. The number of nitrogens with one attached hydrogen (secondary N) is 2. The molecule has 2 aromatic rings. The van der Waals surface area contributed by atoms with Gasteiger partial charge in [-0.1, -0.05) is 13.8 Å². The molecule has 3 rings (SSSR count). The second-order valence-corrected chi connectivity index (χ2v) is 8.00. The number of hydrogen-bond donors (Lipinski definition) is 2. The number of pyridine rings is 1. The van der Waals surface area contributed by atoms with Crippen LogP contribution in [0.3, 0.4) is 0 Å². The van der Waals surface area contributed by atoms with E-state index in [9.17, 15) is 4.79 Å². The minimum absolute atomic E-state index is 0.111. The molecule has 0 saturated carbocycles. The standard InChI is InChI=1S/C21H32N6O/c1-17(2)5-11-26-12-6-18(7-13-26)15-23-21(28)24-16-19-4-9-22-20(14-19)27-10-3-8-25-27/h3-4,8-10,14,17-18H,5-7,11-13,15-16H2,1-2H3,(H2,23,24,28). The van der Waals surface area contributed by atoms with Gasteiger partial charge in [-0.15, -0.1) is 0 Å². The molecule has 0 bridgehead atoms. The Morgan fingerprint density at radius 2 is 2.07 bits per heavy atom. The first-order valence-electron chi connectivity index (χ1n) is 10.3. The van der Waals surface area contributed by atoms with Crippen molar-refractivity contribution in [1.29, 1.82) is 0 Å². The number of rotatable bonds is 8. The van der Waals surface area contributed by atoms with Crippen molar-refractivity contribution in [2.24, 2.45) is 11.8 Å². The van der Waals surface area contributed by atoms with Gasteiger partial charge < -0.3 is 15.5 Å². The van der Waals surface area contributed by atoms with Crippen LogP contribution in [0.5, 0.6) is 0 Å². The van der Waals surface area contributed by atoms with Crippen LogP contribution < -0.4 is 10.6 Å². The molecule has 0 aliphatic carbocycles. The largest absolute Gasteiger partial charge is 0.338 e. The molecule has 2 aromatic heterocycles. The zero-order valence-corrected chi connectivity index (χ0v) is 17.0. The first kappa shape index (κ1) is 20.3. The van der Waals surface area contributed by atoms with Gasteiger partial charge in [-0.05, 0) is 74.5 Å². The maximum absolute atomic E-state index is 12.1. The lowest BCUT2D eigenvalue weighted by Gasteiger charge is -2.32. The zero-order chi connectivity index (χ0) is 19.8. The van der Waals surface area contributed by atoms with Crippen LogP contribution in [0.1, 0.15) is 38.7 Å². The molecule has 28 heavy (non-hydrogen) atoms. The van der Waals surface area contributed by atoms with E-state index in [2.05, 4.69) is 39.5 Å². The smallest absolute Gasteiger partial charge is 0.315 e. The van der Waals surface area contributed by atoms with E-state index in [-0.39, 0.29) is 6.03 Å². The topological polar surface area (TPSA) is 75.1 Å². The number of nitrogens with zero attached hydrogens (tertiary/aromatic N) is 4. The van der Waals surface area contributed by atoms with E-state index in [1.165, 1.54) is 13.0 Å². The fraction of sp³-hybridized carbons (Fsp3) is 0.571. The van der Waals surface area contributed by atoms with Crippen LogP contribution in [-0.4, -0.2) is 51.9 Å². The Morgan fingerprint density at radius 1 is 1.25 bits per heavy atom. The summed E-state index contributed by atoms with van der Waals surface area (Å²) in [6.45, 7) is 9.26. The summed E-state index contributed by atoms with van der Waals surface area (Å²) in [5.41, 5.74) is 0.995. The third-order valence-corrected chi connectivity index (χ3v) is 5.28. The minimum Gasteiger partial charge on any atom is -0.338 e. The number of hydrogen-bond acceptors (Lipinski definition) is 4. The Labute approximate surface area is 167 Å². The first-order chi connectivity index (χ1) is 13.6. The van der Waals surface area contributed by atoms with E-state index < -0.39 is 0 Å². The van der Waals surface area contributed by atoms with Crippen LogP contribution >= 0.6 is 0 Å². The van der Waals surface area contributed by atoms with E-state index >= 15 is 0 Å². The first-order valence-corrected chi connectivity index (χ1v) is 10.3. The van der Waals surface area contributed by atoms with Crippen LogP contribution in [0.2, 0.25) is 0 Å². The minimum atomic E-state index is -0.111. The third kappa shape index (κ3) is 6.34. The van der Waals surface area contributed by atoms with E-state index in [4.69, 9.17) is 0 Å². The van der Waals surface area contributed by atoms with E-state index in [1.807, 2.05) is 24.4 Å². The lowest BCUT2D eigenvalue weighted by Crippen LogP contribution is -2.42. The molecule has 2 amide bonds. The van der Waals surface area contributed by atoms with Gasteiger partial charge in [0.1, 0.15) is 0 Å². The van der Waals surface area contributed by atoms with Crippen molar-refractivity contribution in [2.75, 3.05) is 26.2 Å². The lowest BCUT2D eigenvalue weighted by molar-refractivity contribution is 0.174. The number of aromatic nitrogens is 3. The highest BCUT2D eigenvalue weighted by atomic mass is 16.2. The molecular weight excluding hydrogens is 352 g/mol. The molecule has 2 N–H and O–H groups in total. The molecule has 1 aliphatic heterocycles. The van der Waals surface area contributed by atoms with Crippen LogP contribution in [0, 0.1) is 11.8 Å². The van der Waals surface area contributed by atoms with Crippen LogP contribution in [0.25, 0.3) is 5.82 Å². The van der Waals surface area contributed by atoms with Crippen molar-refractivity contribution in [3.05, 3.63) is 42.4 Å². The predicted octanol–water partition coefficient (Wildman–Crippen LogP) is 2.82. The number of urea groups is 1. The molecule has 7 nitrogen and oxygen atoms in total. The summed E-state index contributed by atoms with van der Waals surface area (Å²) in [6.07, 6.45) is 8.89. The Balaban J connectivity index is 1.35. The van der Waals surface area contributed by atoms with Crippen LogP contribution in [-0.2, 0) is 6.54 Å². The van der Waals surface area contributed by atoms with Crippen molar-refractivity contribution in [3.63, 3.8) is 0 Å². The van der Waals surface area contributed by atoms with Crippen molar-refractivity contribution >= 4 is 6.03 Å². The fourth-order valence-electron chi connectivity index (χ4n) is 3.44. The highest BCUT2D eigenvalue weighted by Crippen LogP contribution is 2.17. The van der Waals surface area contributed by atoms with Gasteiger partial charge in [0.15, 0.2) is 5.82 Å². The third-order valence-electron chi connectivity index (χ3n) is 5.28. The summed E-state index contributed by atoms with van der Waals surface area (Å²) in [7, 11) is 0. The molecule has 0 spiro atoms. The molecule has 0 unspecified atom stereocenters. The van der Waals surface area contributed by atoms with Crippen LogP contribution in [0.15, 0.2) is 36.8 Å². The molecule has 0 radical (unpaired) electrons. The predicted molar refractivity (Wildman–Crippen MR) is 110 cm³/mol. The summed E-state index contributed by atoms with van der Waals surface area (Å²) < 4.78 is 1.71. The number of amides is 2. The van der Waals surface area contributed by atoms with Gasteiger partial charge in [0.2, 0.25) is 0 Å². The average molecular weight is 385 g/mol. The van der Waals surface area contributed by atoms with E-state index in [0.29, 0.717) is 12.5 Å². The molecule has 1 aliphatic rings. The Bertz CT molecular complexity index is 722. The Hall–Kier alpha value is -2.41. The molecular formula is C21H32N6O. The van der Waals surface area contributed by atoms with Crippen LogP contribution in [0.4, 0.5) is 4.79 Å². The van der Waals surface area contributed by atoms with Crippen molar-refractivity contribution in [1.82, 2.24) is 30.3 Å². The second kappa shape index (κ2) is 10.2. The van der Waals surface area contributed by atoms with Gasteiger partial charge in [0.05, 0.1) is 0 Å². The molecule has 7 heteroatoms. The maximum Gasteiger partial charge on any atom is 0.315 e. The summed E-state index contributed by atoms with van der Waals surface area (Å²) >= 11 is 0. The average Bonchev–Trinajstić information content (AvgIpc) is 3.25. The number of likely N-dealkylation sites (tertiary alicyclic amines) is 1. The highest BCUT2D eigenvalue weighted by Gasteiger charge is 2.19. The van der Waals surface area contributed by atoms with Gasteiger partial charge >= 0.3 is 6.03 Å². The molecule has 0 atom stereocenters. The fourth-order valence-corrected chi connectivity index (χ4v) is 3.44. The number of carbonyl (C=O) groups is 1.